The predicted molar refractivity (Wildman–Crippen MR) is 49.9 cm³/mol. The van der Waals surface area contributed by atoms with Gasteiger partial charge in [0.25, 0.3) is 0 Å². The molecule has 7 heteroatoms. The molecular formula is C6H9BKNO4. The maximum atomic E-state index is 9.22. The molecule has 0 saturated heterocycles. The van der Waals surface area contributed by atoms with Crippen molar-refractivity contribution < 1.29 is 19.6 Å². The molecule has 0 aliphatic carbocycles. The van der Waals surface area contributed by atoms with Gasteiger partial charge < -0.3 is 14.8 Å². The smallest absolute Gasteiger partial charge is 0.0267 e. The summed E-state index contributed by atoms with van der Waals surface area (Å²) < 4.78 is 3.51. The van der Waals surface area contributed by atoms with Crippen LogP contribution in [0.15, 0.2) is 30.6 Å². The summed E-state index contributed by atoms with van der Waals surface area (Å²) in [6, 6.07) is 5.72. The van der Waals surface area contributed by atoms with Crippen molar-refractivity contribution in [2.45, 2.75) is 0 Å². The number of hydrogen-bond acceptors (Lipinski definition) is 4. The Hall–Kier alpha value is 0.0813. The van der Waals surface area contributed by atoms with E-state index in [2.05, 4.69) is 9.64 Å². The van der Waals surface area contributed by atoms with E-state index in [-0.39, 0.29) is 51.4 Å². The minimum absolute atomic E-state index is 0. The molecule has 1 rings (SSSR count). The quantitative estimate of drug-likeness (QED) is 0.602. The Morgan fingerprint density at radius 3 is 1.92 bits per heavy atom. The minimum Gasteiger partial charge on any atom is -0.265 e. The summed E-state index contributed by atoms with van der Waals surface area (Å²) in [6.07, 6.45) is 2.04. The molecule has 0 atom stereocenters. The number of carboxylic acid groups (broad SMARTS) is 1. The molecule has 0 radical (unpaired) electrons. The largest absolute Gasteiger partial charge is 0.265 e. The van der Waals surface area contributed by atoms with E-state index in [1.165, 1.54) is 0 Å². The summed E-state index contributed by atoms with van der Waals surface area (Å²) in [5, 5.41) is 15.2. The number of hydrogen-bond donors (Lipinski definition) is 2. The molecular weight excluding hydrogens is 200 g/mol. The molecule has 66 valence electrons. The summed E-state index contributed by atoms with van der Waals surface area (Å²) in [7, 11) is -0.769. The van der Waals surface area contributed by atoms with Crippen molar-refractivity contribution in [3.63, 3.8) is 0 Å². The molecule has 1 aromatic heterocycles. The molecule has 0 fully saturated rings. The van der Waals surface area contributed by atoms with Gasteiger partial charge in [-0.15, -0.1) is 0 Å². The number of rotatable bonds is 1. The number of aromatic nitrogens is 1. The minimum atomic E-state index is -1.46. The average Bonchev–Trinajstić information content (AvgIpc) is 2.08. The third kappa shape index (κ3) is 14.9. The first kappa shape index (κ1) is 15.5. The van der Waals surface area contributed by atoms with Crippen LogP contribution < -0.4 is 0 Å². The van der Waals surface area contributed by atoms with Crippen molar-refractivity contribution in [2.24, 2.45) is 0 Å². The monoisotopic (exact) mass is 209 g/mol. The second kappa shape index (κ2) is 12.1. The van der Waals surface area contributed by atoms with Crippen LogP contribution in [0.3, 0.4) is 0 Å². The Morgan fingerprint density at radius 1 is 1.31 bits per heavy atom. The zero-order chi connectivity index (χ0) is 9.23. The molecule has 0 aliphatic rings. The first-order valence-corrected chi connectivity index (χ1v) is 3.09. The van der Waals surface area contributed by atoms with E-state index in [1.807, 2.05) is 18.2 Å². The third-order valence-electron chi connectivity index (χ3n) is 0.755. The fourth-order valence-electron chi connectivity index (χ4n) is 0.368. The molecule has 1 aromatic rings. The fraction of sp³-hybridized carbons (Fsp3) is 0. The SMILES string of the molecule is O=C(O)OBO.[KH].c1ccncc1. The zero-order valence-electron chi connectivity index (χ0n) is 6.25. The second-order valence-electron chi connectivity index (χ2n) is 1.56. The molecule has 0 aliphatic heterocycles. The van der Waals surface area contributed by atoms with E-state index in [9.17, 15) is 4.79 Å². The van der Waals surface area contributed by atoms with Crippen molar-refractivity contribution in [2.75, 3.05) is 0 Å². The van der Waals surface area contributed by atoms with Gasteiger partial charge in [-0.25, -0.2) is 4.79 Å². The van der Waals surface area contributed by atoms with Gasteiger partial charge in [-0.3, -0.25) is 4.98 Å². The Kier molecular flexibility index (Phi) is 14.4. The first-order valence-electron chi connectivity index (χ1n) is 3.09. The van der Waals surface area contributed by atoms with E-state index < -0.39 is 13.8 Å². The summed E-state index contributed by atoms with van der Waals surface area (Å²) in [5.74, 6) is 0. The van der Waals surface area contributed by atoms with Gasteiger partial charge >= 0.3 is 65.2 Å². The van der Waals surface area contributed by atoms with Gasteiger partial charge in [0.2, 0.25) is 0 Å². The molecule has 0 bridgehead atoms. The normalized spacial score (nSPS) is 6.85. The molecule has 0 unspecified atom stereocenters. The molecule has 1 heterocycles. The standard InChI is InChI=1S/C5H5N.CH3BO4.K.H/c1-2-4-6-5-3-1;3-1(4)6-2-5;;/h1-5H;2,5H,(H,3,4);;. The van der Waals surface area contributed by atoms with E-state index in [0.29, 0.717) is 0 Å². The van der Waals surface area contributed by atoms with E-state index in [4.69, 9.17) is 10.1 Å². The van der Waals surface area contributed by atoms with Crippen LogP contribution in [0.5, 0.6) is 0 Å². The zero-order valence-corrected chi connectivity index (χ0v) is 6.25. The summed E-state index contributed by atoms with van der Waals surface area (Å²) in [6.45, 7) is 0. The fourth-order valence-corrected chi connectivity index (χ4v) is 0.368. The summed E-state index contributed by atoms with van der Waals surface area (Å²) >= 11 is 0. The predicted octanol–water partition coefficient (Wildman–Crippen LogP) is -0.627. The van der Waals surface area contributed by atoms with Gasteiger partial charge in [0.05, 0.1) is 0 Å². The van der Waals surface area contributed by atoms with Gasteiger partial charge in [0.1, 0.15) is 0 Å². The molecule has 2 N–H and O–H groups in total. The Labute approximate surface area is 119 Å². The van der Waals surface area contributed by atoms with Crippen LogP contribution in [0, 0.1) is 0 Å². The second-order valence-corrected chi connectivity index (χ2v) is 1.56. The number of carbonyl (C=O) groups is 1. The van der Waals surface area contributed by atoms with Crippen LogP contribution in [0.4, 0.5) is 4.79 Å². The van der Waals surface area contributed by atoms with Gasteiger partial charge in [-0.1, -0.05) is 6.07 Å². The van der Waals surface area contributed by atoms with Crippen molar-refractivity contribution in [1.82, 2.24) is 4.98 Å². The molecule has 0 amide bonds. The van der Waals surface area contributed by atoms with Crippen LogP contribution in [0.2, 0.25) is 0 Å². The molecule has 0 spiro atoms. The van der Waals surface area contributed by atoms with Crippen LogP contribution >= 0.6 is 0 Å². The molecule has 5 nitrogen and oxygen atoms in total. The van der Waals surface area contributed by atoms with Crippen LogP contribution in [0.25, 0.3) is 0 Å². The first-order chi connectivity index (χ1) is 5.77. The van der Waals surface area contributed by atoms with Gasteiger partial charge in [0, 0.05) is 12.4 Å². The van der Waals surface area contributed by atoms with Crippen LogP contribution in [-0.2, 0) is 4.65 Å². The number of nitrogens with zero attached hydrogens (tertiary/aromatic N) is 1. The van der Waals surface area contributed by atoms with Crippen molar-refractivity contribution in [1.29, 1.82) is 0 Å². The van der Waals surface area contributed by atoms with E-state index >= 15 is 0 Å². The van der Waals surface area contributed by atoms with Gasteiger partial charge in [-0.2, -0.15) is 0 Å². The molecule has 0 aromatic carbocycles. The topological polar surface area (TPSA) is 79.7 Å². The maximum Gasteiger partial charge on any atom is 0.0267 e. The average molecular weight is 209 g/mol. The third-order valence-corrected chi connectivity index (χ3v) is 0.755. The van der Waals surface area contributed by atoms with Crippen molar-refractivity contribution >= 4 is 65.2 Å². The van der Waals surface area contributed by atoms with Crippen molar-refractivity contribution in [3.05, 3.63) is 30.6 Å². The Balaban J connectivity index is 0. The van der Waals surface area contributed by atoms with Gasteiger partial charge in [-0.05, 0) is 12.1 Å². The van der Waals surface area contributed by atoms with E-state index in [1.54, 1.807) is 12.4 Å². The number of pyridine rings is 1. The molecule has 0 saturated carbocycles. The van der Waals surface area contributed by atoms with Gasteiger partial charge in [0.15, 0.2) is 0 Å². The Morgan fingerprint density at radius 2 is 1.85 bits per heavy atom. The van der Waals surface area contributed by atoms with Crippen LogP contribution in [-0.4, -0.2) is 80.3 Å². The van der Waals surface area contributed by atoms with E-state index in [0.717, 1.165) is 0 Å². The summed E-state index contributed by atoms with van der Waals surface area (Å²) in [5.41, 5.74) is 0. The Bertz CT molecular complexity index is 184. The van der Waals surface area contributed by atoms with Crippen molar-refractivity contribution in [3.8, 4) is 0 Å². The summed E-state index contributed by atoms with van der Waals surface area (Å²) in [4.78, 5) is 13.0. The van der Waals surface area contributed by atoms with Crippen LogP contribution in [0.1, 0.15) is 0 Å². The maximum absolute atomic E-state index is 9.22. The molecule has 13 heavy (non-hydrogen) atoms.